The van der Waals surface area contributed by atoms with Crippen molar-refractivity contribution in [3.8, 4) is 0 Å². The zero-order valence-electron chi connectivity index (χ0n) is 9.38. The standard InChI is InChI=1S/C11H12Cl2INO2/c1-6(16)5-15(2)11(17)8-3-7(12)4-9(13)10(8)14/h3-4,6,16H,5H2,1-2H3. The van der Waals surface area contributed by atoms with E-state index in [2.05, 4.69) is 0 Å². The van der Waals surface area contributed by atoms with Crippen molar-refractivity contribution in [2.24, 2.45) is 0 Å². The highest BCUT2D eigenvalue weighted by Gasteiger charge is 2.18. The molecule has 0 aliphatic heterocycles. The summed E-state index contributed by atoms with van der Waals surface area (Å²) in [6.45, 7) is 1.89. The Bertz CT molecular complexity index is 438. The summed E-state index contributed by atoms with van der Waals surface area (Å²) in [7, 11) is 1.62. The van der Waals surface area contributed by atoms with Crippen molar-refractivity contribution in [2.75, 3.05) is 13.6 Å². The molecule has 0 aliphatic rings. The van der Waals surface area contributed by atoms with E-state index in [0.717, 1.165) is 0 Å². The molecule has 0 saturated carbocycles. The molecule has 0 fully saturated rings. The van der Waals surface area contributed by atoms with Crippen LogP contribution in [-0.2, 0) is 0 Å². The largest absolute Gasteiger partial charge is 0.392 e. The Balaban J connectivity index is 3.04. The third-order valence-electron chi connectivity index (χ3n) is 2.11. The first-order valence-electron chi connectivity index (χ1n) is 4.91. The molecule has 1 aromatic carbocycles. The van der Waals surface area contributed by atoms with E-state index in [9.17, 15) is 9.90 Å². The number of rotatable bonds is 3. The van der Waals surface area contributed by atoms with Gasteiger partial charge in [0.1, 0.15) is 0 Å². The van der Waals surface area contributed by atoms with Crippen molar-refractivity contribution in [3.05, 3.63) is 31.3 Å². The van der Waals surface area contributed by atoms with E-state index in [1.807, 2.05) is 22.6 Å². The van der Waals surface area contributed by atoms with E-state index in [1.165, 1.54) is 4.90 Å². The van der Waals surface area contributed by atoms with Gasteiger partial charge in [-0.3, -0.25) is 4.79 Å². The number of aliphatic hydroxyl groups excluding tert-OH is 1. The molecule has 3 nitrogen and oxygen atoms in total. The van der Waals surface area contributed by atoms with Gasteiger partial charge in [-0.05, 0) is 41.6 Å². The maximum Gasteiger partial charge on any atom is 0.254 e. The van der Waals surface area contributed by atoms with Gasteiger partial charge in [0.2, 0.25) is 0 Å². The lowest BCUT2D eigenvalue weighted by molar-refractivity contribution is 0.0702. The predicted octanol–water partition coefficient (Wildman–Crippen LogP) is 3.05. The van der Waals surface area contributed by atoms with Crippen molar-refractivity contribution in [1.29, 1.82) is 0 Å². The lowest BCUT2D eigenvalue weighted by atomic mass is 10.2. The van der Waals surface area contributed by atoms with Gasteiger partial charge < -0.3 is 10.0 Å². The summed E-state index contributed by atoms with van der Waals surface area (Å²) in [5, 5.41) is 10.1. The third-order valence-corrected chi connectivity index (χ3v) is 4.11. The molecule has 0 radical (unpaired) electrons. The number of hydrogen-bond acceptors (Lipinski definition) is 2. The molecule has 0 aliphatic carbocycles. The molecular formula is C11H12Cl2INO2. The molecule has 6 heteroatoms. The van der Waals surface area contributed by atoms with Crippen LogP contribution in [0.25, 0.3) is 0 Å². The van der Waals surface area contributed by atoms with Gasteiger partial charge in [0.25, 0.3) is 5.91 Å². The number of likely N-dealkylation sites (N-methyl/N-ethyl adjacent to an activating group) is 1. The molecule has 1 N–H and O–H groups in total. The monoisotopic (exact) mass is 387 g/mol. The quantitative estimate of drug-likeness (QED) is 0.639. The molecule has 0 heterocycles. The van der Waals surface area contributed by atoms with Gasteiger partial charge in [0.15, 0.2) is 0 Å². The molecule has 0 spiro atoms. The van der Waals surface area contributed by atoms with E-state index in [1.54, 1.807) is 26.1 Å². The minimum Gasteiger partial charge on any atom is -0.392 e. The molecule has 0 bridgehead atoms. The second-order valence-electron chi connectivity index (χ2n) is 3.78. The lowest BCUT2D eigenvalue weighted by Crippen LogP contribution is -2.33. The average molecular weight is 388 g/mol. The third kappa shape index (κ3) is 3.98. The van der Waals surface area contributed by atoms with Crippen LogP contribution in [0.5, 0.6) is 0 Å². The van der Waals surface area contributed by atoms with Crippen LogP contribution in [0.15, 0.2) is 12.1 Å². The van der Waals surface area contributed by atoms with Crippen molar-refractivity contribution in [3.63, 3.8) is 0 Å². The maximum atomic E-state index is 12.1. The summed E-state index contributed by atoms with van der Waals surface area (Å²) in [5.74, 6) is -0.209. The van der Waals surface area contributed by atoms with Crippen molar-refractivity contribution in [2.45, 2.75) is 13.0 Å². The molecule has 1 unspecified atom stereocenters. The number of nitrogens with zero attached hydrogens (tertiary/aromatic N) is 1. The Morgan fingerprint density at radius 2 is 2.12 bits per heavy atom. The molecule has 94 valence electrons. The van der Waals surface area contributed by atoms with Crippen LogP contribution < -0.4 is 0 Å². The van der Waals surface area contributed by atoms with Gasteiger partial charge in [-0.2, -0.15) is 0 Å². The zero-order chi connectivity index (χ0) is 13.2. The first kappa shape index (κ1) is 15.0. The first-order chi connectivity index (χ1) is 7.82. The minimum atomic E-state index is -0.573. The van der Waals surface area contributed by atoms with Crippen molar-refractivity contribution >= 4 is 51.7 Å². The summed E-state index contributed by atoms with van der Waals surface area (Å²) < 4.78 is 0.663. The smallest absolute Gasteiger partial charge is 0.254 e. The maximum absolute atomic E-state index is 12.1. The number of benzene rings is 1. The molecular weight excluding hydrogens is 376 g/mol. The highest BCUT2D eigenvalue weighted by molar-refractivity contribution is 14.1. The van der Waals surface area contributed by atoms with Gasteiger partial charge in [-0.1, -0.05) is 23.2 Å². The Labute approximate surface area is 124 Å². The first-order valence-corrected chi connectivity index (χ1v) is 6.74. The number of halogens is 3. The van der Waals surface area contributed by atoms with E-state index in [-0.39, 0.29) is 12.5 Å². The summed E-state index contributed by atoms with van der Waals surface area (Å²) in [5.41, 5.74) is 0.450. The summed E-state index contributed by atoms with van der Waals surface area (Å²) in [6, 6.07) is 3.17. The van der Waals surface area contributed by atoms with Crippen molar-refractivity contribution < 1.29 is 9.90 Å². The van der Waals surface area contributed by atoms with Crippen LogP contribution in [0.2, 0.25) is 10.0 Å². The Kier molecular flexibility index (Phi) is 5.50. The number of amides is 1. The molecule has 0 saturated heterocycles. The fourth-order valence-electron chi connectivity index (χ4n) is 1.40. The highest BCUT2D eigenvalue weighted by Crippen LogP contribution is 2.27. The molecule has 1 amide bonds. The number of hydrogen-bond donors (Lipinski definition) is 1. The topological polar surface area (TPSA) is 40.5 Å². The van der Waals surface area contributed by atoms with E-state index < -0.39 is 6.10 Å². The second kappa shape index (κ2) is 6.22. The Hall–Kier alpha value is -0.0400. The van der Waals surface area contributed by atoms with Crippen LogP contribution >= 0.6 is 45.8 Å². The van der Waals surface area contributed by atoms with Crippen LogP contribution in [0, 0.1) is 3.57 Å². The molecule has 1 atom stereocenters. The summed E-state index contributed by atoms with van der Waals surface area (Å²) in [4.78, 5) is 13.5. The Morgan fingerprint density at radius 1 is 1.53 bits per heavy atom. The van der Waals surface area contributed by atoms with Crippen molar-refractivity contribution in [1.82, 2.24) is 4.90 Å². The number of carbonyl (C=O) groups excluding carboxylic acids is 1. The van der Waals surface area contributed by atoms with Gasteiger partial charge in [0, 0.05) is 22.2 Å². The molecule has 17 heavy (non-hydrogen) atoms. The van der Waals surface area contributed by atoms with Crippen LogP contribution in [0.1, 0.15) is 17.3 Å². The fourth-order valence-corrected chi connectivity index (χ4v) is 2.43. The highest BCUT2D eigenvalue weighted by atomic mass is 127. The summed E-state index contributed by atoms with van der Waals surface area (Å²) in [6.07, 6.45) is -0.573. The number of aliphatic hydroxyl groups is 1. The fraction of sp³-hybridized carbons (Fsp3) is 0.364. The molecule has 1 aromatic rings. The van der Waals surface area contributed by atoms with E-state index in [0.29, 0.717) is 19.2 Å². The van der Waals surface area contributed by atoms with Gasteiger partial charge in [0.05, 0.1) is 16.7 Å². The van der Waals surface area contributed by atoms with E-state index >= 15 is 0 Å². The van der Waals surface area contributed by atoms with E-state index in [4.69, 9.17) is 23.2 Å². The molecule has 0 aromatic heterocycles. The predicted molar refractivity (Wildman–Crippen MR) is 77.8 cm³/mol. The zero-order valence-corrected chi connectivity index (χ0v) is 13.0. The van der Waals surface area contributed by atoms with Gasteiger partial charge in [-0.25, -0.2) is 0 Å². The van der Waals surface area contributed by atoms with Gasteiger partial charge in [-0.15, -0.1) is 0 Å². The average Bonchev–Trinajstić information content (AvgIpc) is 2.21. The van der Waals surface area contributed by atoms with Crippen LogP contribution in [-0.4, -0.2) is 35.6 Å². The SMILES string of the molecule is CC(O)CN(C)C(=O)c1cc(Cl)cc(Cl)c1I. The Morgan fingerprint density at radius 3 is 2.65 bits per heavy atom. The van der Waals surface area contributed by atoms with Gasteiger partial charge >= 0.3 is 0 Å². The van der Waals surface area contributed by atoms with Crippen LogP contribution in [0.3, 0.4) is 0 Å². The number of carbonyl (C=O) groups is 1. The second-order valence-corrected chi connectivity index (χ2v) is 5.71. The van der Waals surface area contributed by atoms with Crippen LogP contribution in [0.4, 0.5) is 0 Å². The lowest BCUT2D eigenvalue weighted by Gasteiger charge is -2.19. The summed E-state index contributed by atoms with van der Waals surface area (Å²) >= 11 is 13.8. The molecule has 1 rings (SSSR count). The normalized spacial score (nSPS) is 12.4. The minimum absolute atomic E-state index is 0.209.